The van der Waals surface area contributed by atoms with E-state index in [-0.39, 0.29) is 5.91 Å². The highest BCUT2D eigenvalue weighted by atomic mass is 32.1. The molecule has 1 saturated heterocycles. The maximum absolute atomic E-state index is 12.3. The molecule has 6 heteroatoms. The summed E-state index contributed by atoms with van der Waals surface area (Å²) in [5, 5.41) is 0. The lowest BCUT2D eigenvalue weighted by atomic mass is 10.2. The summed E-state index contributed by atoms with van der Waals surface area (Å²) in [4.78, 5) is 21.0. The van der Waals surface area contributed by atoms with Crippen LogP contribution in [-0.2, 0) is 0 Å². The molecule has 2 heterocycles. The first kappa shape index (κ1) is 13.9. The van der Waals surface area contributed by atoms with Crippen LogP contribution in [0, 0.1) is 6.92 Å². The van der Waals surface area contributed by atoms with Gasteiger partial charge in [-0.3, -0.25) is 14.7 Å². The Labute approximate surface area is 118 Å². The summed E-state index contributed by atoms with van der Waals surface area (Å²) in [6.45, 7) is 5.56. The molecule has 2 rings (SSSR count). The van der Waals surface area contributed by atoms with Gasteiger partial charge in [0.25, 0.3) is 5.91 Å². The minimum absolute atomic E-state index is 0.0699. The van der Waals surface area contributed by atoms with Crippen molar-refractivity contribution in [3.8, 4) is 0 Å². The predicted octanol–water partition coefficient (Wildman–Crippen LogP) is 0.434. The van der Waals surface area contributed by atoms with Crippen LogP contribution in [0.5, 0.6) is 0 Å². The molecule has 0 saturated carbocycles. The molecule has 0 aliphatic carbocycles. The zero-order valence-corrected chi connectivity index (χ0v) is 11.8. The zero-order valence-electron chi connectivity index (χ0n) is 11.0. The monoisotopic (exact) mass is 278 g/mol. The summed E-state index contributed by atoms with van der Waals surface area (Å²) in [5.41, 5.74) is 7.09. The highest BCUT2D eigenvalue weighted by Gasteiger charge is 2.22. The Morgan fingerprint density at radius 1 is 1.42 bits per heavy atom. The lowest BCUT2D eigenvalue weighted by Crippen LogP contribution is -2.50. The molecule has 2 N–H and O–H groups in total. The van der Waals surface area contributed by atoms with Crippen molar-refractivity contribution in [1.82, 2.24) is 14.8 Å². The molecule has 1 aliphatic rings. The fourth-order valence-corrected chi connectivity index (χ4v) is 2.37. The highest BCUT2D eigenvalue weighted by Crippen LogP contribution is 2.09. The second kappa shape index (κ2) is 6.08. The minimum atomic E-state index is 0.0699. The molecule has 1 aromatic rings. The first-order valence-corrected chi connectivity index (χ1v) is 6.69. The van der Waals surface area contributed by atoms with Gasteiger partial charge in [0.15, 0.2) is 0 Å². The maximum Gasteiger partial charge on any atom is 0.254 e. The predicted molar refractivity (Wildman–Crippen MR) is 78.1 cm³/mol. The lowest BCUT2D eigenvalue weighted by Gasteiger charge is -2.34. The first-order valence-electron chi connectivity index (χ1n) is 6.29. The van der Waals surface area contributed by atoms with Gasteiger partial charge < -0.3 is 10.6 Å². The smallest absolute Gasteiger partial charge is 0.254 e. The van der Waals surface area contributed by atoms with E-state index in [1.54, 1.807) is 12.3 Å². The van der Waals surface area contributed by atoms with Crippen LogP contribution in [0.2, 0.25) is 0 Å². The van der Waals surface area contributed by atoms with Crippen LogP contribution in [0.1, 0.15) is 16.1 Å². The number of amides is 1. The highest BCUT2D eigenvalue weighted by molar-refractivity contribution is 7.80. The number of carbonyl (C=O) groups excluding carboxylic acids is 1. The van der Waals surface area contributed by atoms with E-state index in [1.807, 2.05) is 17.9 Å². The standard InChI is InChI=1S/C13H18N4OS/c1-10-8-11(2-3-15-10)13(18)17-6-4-16(5-7-17)9-12(14)19/h2-3,8H,4-7,9H2,1H3,(H2,14,19). The van der Waals surface area contributed by atoms with Crippen molar-refractivity contribution in [1.29, 1.82) is 0 Å². The third-order valence-electron chi connectivity index (χ3n) is 3.18. The van der Waals surface area contributed by atoms with Crippen molar-refractivity contribution < 1.29 is 4.79 Å². The third kappa shape index (κ3) is 3.71. The van der Waals surface area contributed by atoms with Crippen molar-refractivity contribution in [3.63, 3.8) is 0 Å². The van der Waals surface area contributed by atoms with Gasteiger partial charge in [0.05, 0.1) is 4.99 Å². The molecule has 0 bridgehead atoms. The number of piperazine rings is 1. The number of carbonyl (C=O) groups is 1. The third-order valence-corrected chi connectivity index (χ3v) is 3.31. The van der Waals surface area contributed by atoms with Gasteiger partial charge in [0.2, 0.25) is 0 Å². The fraction of sp³-hybridized carbons (Fsp3) is 0.462. The molecule has 0 spiro atoms. The number of thiocarbonyl (C=S) groups is 1. The van der Waals surface area contributed by atoms with Gasteiger partial charge in [-0.15, -0.1) is 0 Å². The molecular weight excluding hydrogens is 260 g/mol. The fourth-order valence-electron chi connectivity index (χ4n) is 2.19. The van der Waals surface area contributed by atoms with Crippen LogP contribution in [0.25, 0.3) is 0 Å². The number of aromatic nitrogens is 1. The van der Waals surface area contributed by atoms with Gasteiger partial charge in [-0.2, -0.15) is 0 Å². The second-order valence-electron chi connectivity index (χ2n) is 4.72. The van der Waals surface area contributed by atoms with Gasteiger partial charge >= 0.3 is 0 Å². The molecule has 1 amide bonds. The van der Waals surface area contributed by atoms with Gasteiger partial charge in [0, 0.05) is 50.2 Å². The largest absolute Gasteiger partial charge is 0.392 e. The van der Waals surface area contributed by atoms with Crippen LogP contribution < -0.4 is 5.73 Å². The molecule has 5 nitrogen and oxygen atoms in total. The number of rotatable bonds is 3. The Kier molecular flexibility index (Phi) is 4.44. The summed E-state index contributed by atoms with van der Waals surface area (Å²) in [5.74, 6) is 0.0699. The molecule has 1 fully saturated rings. The van der Waals surface area contributed by atoms with E-state index in [0.717, 1.165) is 18.8 Å². The van der Waals surface area contributed by atoms with E-state index >= 15 is 0 Å². The van der Waals surface area contributed by atoms with Crippen LogP contribution >= 0.6 is 12.2 Å². The van der Waals surface area contributed by atoms with Crippen LogP contribution in [-0.4, -0.2) is 58.4 Å². The number of hydrogen-bond acceptors (Lipinski definition) is 4. The molecule has 19 heavy (non-hydrogen) atoms. The molecular formula is C13H18N4OS. The Balaban J connectivity index is 1.94. The topological polar surface area (TPSA) is 62.5 Å². The van der Waals surface area contributed by atoms with Crippen LogP contribution in [0.4, 0.5) is 0 Å². The van der Waals surface area contributed by atoms with Crippen molar-refractivity contribution in [2.45, 2.75) is 6.92 Å². The molecule has 1 aliphatic heterocycles. The molecule has 0 atom stereocenters. The quantitative estimate of drug-likeness (QED) is 0.813. The number of hydrogen-bond donors (Lipinski definition) is 1. The Morgan fingerprint density at radius 2 is 2.11 bits per heavy atom. The first-order chi connectivity index (χ1) is 9.06. The lowest BCUT2D eigenvalue weighted by molar-refractivity contribution is 0.0654. The van der Waals surface area contributed by atoms with Crippen LogP contribution in [0.15, 0.2) is 18.3 Å². The summed E-state index contributed by atoms with van der Waals surface area (Å²) in [6, 6.07) is 3.58. The number of pyridine rings is 1. The SMILES string of the molecule is Cc1cc(C(=O)N2CCN(CC(N)=S)CC2)ccn1. The summed E-state index contributed by atoms with van der Waals surface area (Å²) in [7, 11) is 0. The Bertz CT molecular complexity index is 483. The van der Waals surface area contributed by atoms with E-state index in [1.165, 1.54) is 0 Å². The molecule has 0 radical (unpaired) electrons. The summed E-state index contributed by atoms with van der Waals surface area (Å²) in [6.07, 6.45) is 1.67. The van der Waals surface area contributed by atoms with Crippen molar-refractivity contribution in [2.75, 3.05) is 32.7 Å². The molecule has 102 valence electrons. The maximum atomic E-state index is 12.3. The average molecular weight is 278 g/mol. The van der Waals surface area contributed by atoms with Crippen LogP contribution in [0.3, 0.4) is 0 Å². The van der Waals surface area contributed by atoms with Gasteiger partial charge in [-0.1, -0.05) is 12.2 Å². The summed E-state index contributed by atoms with van der Waals surface area (Å²) >= 11 is 4.90. The van der Waals surface area contributed by atoms with Gasteiger partial charge in [-0.05, 0) is 19.1 Å². The van der Waals surface area contributed by atoms with E-state index in [9.17, 15) is 4.79 Å². The van der Waals surface area contributed by atoms with E-state index in [2.05, 4.69) is 9.88 Å². The van der Waals surface area contributed by atoms with Crippen molar-refractivity contribution in [3.05, 3.63) is 29.6 Å². The van der Waals surface area contributed by atoms with Gasteiger partial charge in [0.1, 0.15) is 0 Å². The molecule has 0 unspecified atom stereocenters. The van der Waals surface area contributed by atoms with Gasteiger partial charge in [-0.25, -0.2) is 0 Å². The van der Waals surface area contributed by atoms with E-state index < -0.39 is 0 Å². The Hall–Kier alpha value is -1.53. The van der Waals surface area contributed by atoms with E-state index in [0.29, 0.717) is 30.2 Å². The second-order valence-corrected chi connectivity index (χ2v) is 5.24. The zero-order chi connectivity index (χ0) is 13.8. The molecule has 0 aromatic carbocycles. The molecule has 1 aromatic heterocycles. The van der Waals surface area contributed by atoms with Crippen molar-refractivity contribution >= 4 is 23.1 Å². The van der Waals surface area contributed by atoms with Crippen molar-refractivity contribution in [2.24, 2.45) is 5.73 Å². The Morgan fingerprint density at radius 3 is 2.68 bits per heavy atom. The summed E-state index contributed by atoms with van der Waals surface area (Å²) < 4.78 is 0. The average Bonchev–Trinajstić information content (AvgIpc) is 2.38. The normalized spacial score (nSPS) is 16.4. The number of nitrogens with zero attached hydrogens (tertiary/aromatic N) is 3. The van der Waals surface area contributed by atoms with E-state index in [4.69, 9.17) is 18.0 Å². The number of aryl methyl sites for hydroxylation is 1. The minimum Gasteiger partial charge on any atom is -0.392 e. The number of nitrogens with two attached hydrogens (primary N) is 1.